The third-order valence-corrected chi connectivity index (χ3v) is 23.7. The molecule has 0 aliphatic carbocycles. The zero-order valence-corrected chi connectivity index (χ0v) is 59.5. The molecule has 0 fully saturated rings. The molecule has 0 bridgehead atoms. The molecule has 0 spiro atoms. The summed E-state index contributed by atoms with van der Waals surface area (Å²) in [6.45, 7) is 5.81. The second kappa shape index (κ2) is 32.4. The van der Waals surface area contributed by atoms with E-state index in [0.29, 0.717) is 36.0 Å². The molecular weight excluding hydrogens is 1340 g/mol. The van der Waals surface area contributed by atoms with Gasteiger partial charge in [0.1, 0.15) is 0 Å². The number of sulfonamides is 3. The van der Waals surface area contributed by atoms with Crippen LogP contribution in [0.15, 0.2) is 324 Å². The number of hydrogen-bond acceptors (Lipinski definition) is 10. The molecule has 0 saturated carbocycles. The first kappa shape index (κ1) is 71.3. The van der Waals surface area contributed by atoms with Gasteiger partial charge in [0.15, 0.2) is 18.7 Å². The van der Waals surface area contributed by atoms with Gasteiger partial charge in [-0.1, -0.05) is 291 Å². The highest BCUT2D eigenvalue weighted by Gasteiger charge is 2.43. The summed E-state index contributed by atoms with van der Waals surface area (Å²) in [7, 11) is -20.2. The maximum absolute atomic E-state index is 17.3. The van der Waals surface area contributed by atoms with Crippen molar-refractivity contribution in [1.29, 1.82) is 0 Å². The van der Waals surface area contributed by atoms with Crippen molar-refractivity contribution in [2.45, 2.75) is 92.7 Å². The topological polar surface area (TPSA) is 183 Å². The molecule has 17 heteroatoms. The van der Waals surface area contributed by atoms with Crippen LogP contribution in [0.5, 0.6) is 0 Å². The second-order valence-electron chi connectivity index (χ2n) is 25.0. The van der Waals surface area contributed by atoms with Crippen LogP contribution in [0.4, 0.5) is 0 Å². The lowest BCUT2D eigenvalue weighted by atomic mass is 9.92. The molecule has 101 heavy (non-hydrogen) atoms. The van der Waals surface area contributed by atoms with Crippen LogP contribution in [-0.2, 0) is 86.7 Å². The van der Waals surface area contributed by atoms with Crippen molar-refractivity contribution in [2.24, 2.45) is 0 Å². The minimum atomic E-state index is -5.79. The number of rotatable bonds is 30. The van der Waals surface area contributed by atoms with Gasteiger partial charge in [-0.2, -0.15) is 14.2 Å². The number of benzene rings is 12. The highest BCUT2D eigenvalue weighted by Crippen LogP contribution is 2.58. The van der Waals surface area contributed by atoms with Crippen molar-refractivity contribution < 1.29 is 43.4 Å². The Labute approximate surface area is 593 Å². The van der Waals surface area contributed by atoms with E-state index in [2.05, 4.69) is 14.2 Å². The van der Waals surface area contributed by atoms with Gasteiger partial charge in [0, 0.05) is 0 Å². The fourth-order valence-electron chi connectivity index (χ4n) is 12.7. The van der Waals surface area contributed by atoms with Gasteiger partial charge in [-0.3, -0.25) is 13.6 Å². The molecule has 12 aromatic rings. The van der Waals surface area contributed by atoms with E-state index >= 15 is 29.8 Å². The molecular formula is C84H78N3O10PS3. The van der Waals surface area contributed by atoms with Crippen molar-refractivity contribution in [3.05, 3.63) is 410 Å². The fourth-order valence-corrected chi connectivity index (χ4v) is 18.4. The van der Waals surface area contributed by atoms with Crippen LogP contribution in [0.2, 0.25) is 0 Å². The zero-order valence-electron chi connectivity index (χ0n) is 56.2. The zero-order chi connectivity index (χ0) is 70.4. The van der Waals surface area contributed by atoms with Gasteiger partial charge >= 0.3 is 7.82 Å². The molecule has 0 aliphatic heterocycles. The number of phosphoric ester groups is 1. The third-order valence-electron chi connectivity index (χ3n) is 17.9. The van der Waals surface area contributed by atoms with Crippen LogP contribution >= 0.6 is 7.82 Å². The minimum Gasteiger partial charge on any atom is -0.262 e. The molecule has 0 aliphatic rings. The largest absolute Gasteiger partial charge is 0.480 e. The van der Waals surface area contributed by atoms with E-state index in [4.69, 9.17) is 13.6 Å². The maximum Gasteiger partial charge on any atom is 0.480 e. The van der Waals surface area contributed by atoms with Crippen LogP contribution in [0.25, 0.3) is 0 Å². The summed E-state index contributed by atoms with van der Waals surface area (Å²) in [5, 5.41) is 0. The van der Waals surface area contributed by atoms with E-state index in [1.807, 2.05) is 203 Å². The van der Waals surface area contributed by atoms with Crippen molar-refractivity contribution >= 4 is 37.9 Å². The smallest absolute Gasteiger partial charge is 0.262 e. The Hall–Kier alpha value is -9.52. The van der Waals surface area contributed by atoms with E-state index in [1.54, 1.807) is 109 Å². The van der Waals surface area contributed by atoms with E-state index in [9.17, 15) is 0 Å². The molecule has 0 aromatic heterocycles. The SMILES string of the molecule is Cc1ccc(S(=O)(=O)N[C@@H](OP(=O)(O[C@H](NS(=O)(=O)c2ccc(C)c(Cc3ccccc3)c2Cc2ccccc2)c2ccccc2)O[C@H](NS(=O)(=O)c2ccc(C)c(Cc3ccccc3)c2Cc2ccccc2)c2ccccc2)c2ccccc2)c(Cc2ccccc2)c1Cc1ccccc1. The van der Waals surface area contributed by atoms with Gasteiger partial charge in [0.2, 0.25) is 30.1 Å². The van der Waals surface area contributed by atoms with Gasteiger partial charge in [0.05, 0.1) is 14.7 Å². The Morgan fingerprint density at radius 2 is 0.436 bits per heavy atom. The molecule has 12 aromatic carbocycles. The first-order valence-corrected chi connectivity index (χ1v) is 39.2. The van der Waals surface area contributed by atoms with Crippen molar-refractivity contribution in [3.8, 4) is 0 Å². The summed E-state index contributed by atoms with van der Waals surface area (Å²) in [6, 6.07) is 91.9. The van der Waals surface area contributed by atoms with E-state index in [1.165, 1.54) is 18.2 Å². The predicted octanol–water partition coefficient (Wildman–Crippen LogP) is 17.6. The van der Waals surface area contributed by atoms with E-state index in [-0.39, 0.29) is 50.6 Å². The molecule has 0 heterocycles. The van der Waals surface area contributed by atoms with Crippen molar-refractivity contribution in [1.82, 2.24) is 14.2 Å². The molecule has 512 valence electrons. The summed E-state index contributed by atoms with van der Waals surface area (Å²) >= 11 is 0. The molecule has 0 amide bonds. The Morgan fingerprint density at radius 1 is 0.257 bits per heavy atom. The fraction of sp³-hybridized carbons (Fsp3) is 0.143. The second-order valence-corrected chi connectivity index (χ2v) is 31.6. The summed E-state index contributed by atoms with van der Waals surface area (Å²) in [4.78, 5) is -0.303. The molecule has 0 unspecified atom stereocenters. The lowest BCUT2D eigenvalue weighted by Gasteiger charge is -2.31. The van der Waals surface area contributed by atoms with Crippen molar-refractivity contribution in [2.75, 3.05) is 0 Å². The highest BCUT2D eigenvalue weighted by atomic mass is 32.2. The maximum atomic E-state index is 17.3. The number of phosphoric acid groups is 1. The summed E-state index contributed by atoms with van der Waals surface area (Å²) in [6.07, 6.45) is -4.16. The predicted molar refractivity (Wildman–Crippen MR) is 398 cm³/mol. The number of hydrogen-bond donors (Lipinski definition) is 3. The summed E-state index contributed by atoms with van der Waals surface area (Å²) < 4.78 is 141. The van der Waals surface area contributed by atoms with Crippen molar-refractivity contribution in [3.63, 3.8) is 0 Å². The summed E-state index contributed by atoms with van der Waals surface area (Å²) in [5.74, 6) is 0. The van der Waals surface area contributed by atoms with E-state index in [0.717, 1.165) is 66.8 Å². The van der Waals surface area contributed by atoms with Gasteiger partial charge in [-0.15, -0.1) is 0 Å². The Bertz CT molecular complexity index is 4660. The Kier molecular flexibility index (Phi) is 22.9. The van der Waals surface area contributed by atoms with Crippen LogP contribution in [-0.4, -0.2) is 25.3 Å². The monoisotopic (exact) mass is 1420 g/mol. The van der Waals surface area contributed by atoms with Gasteiger partial charge in [0.25, 0.3) is 0 Å². The molecule has 3 atom stereocenters. The number of aryl methyl sites for hydroxylation is 3. The standard InChI is InChI=1S/C84H78N3O10PS3/c1-61-49-52-79(76(58-67-37-19-7-20-38-67)73(61)55-64-31-13-4-14-32-64)99(89,90)85-82(70-43-25-10-26-44-70)95-98(88,96-83(71-45-27-11-28-46-71)86-100(91,92)80-53-50-62(2)74(56-65-33-15-5-16-34-65)77(80)59-68-39-21-8-22-40-68)97-84(72-47-29-12-30-48-72)87-101(93,94)81-54-51-63(3)75(57-66-35-17-6-18-36-66)78(81)60-69-41-23-9-24-42-69/h4-54,82-87H,55-60H2,1-3H3/t82-,83-,84-/m0/s1. The quantitative estimate of drug-likeness (QED) is 0.0289. The molecule has 13 nitrogen and oxygen atoms in total. The lowest BCUT2D eigenvalue weighted by molar-refractivity contribution is 0.0214. The first-order valence-electron chi connectivity index (χ1n) is 33.3. The minimum absolute atomic E-state index is 0.101. The average molecular weight is 1420 g/mol. The Balaban J connectivity index is 1.01. The normalized spacial score (nSPS) is 12.9. The first-order chi connectivity index (χ1) is 48.9. The van der Waals surface area contributed by atoms with Gasteiger partial charge in [-0.25, -0.2) is 29.8 Å². The molecule has 0 radical (unpaired) electrons. The third kappa shape index (κ3) is 18.2. The lowest BCUT2D eigenvalue weighted by Crippen LogP contribution is -2.35. The molecule has 3 N–H and O–H groups in total. The van der Waals surface area contributed by atoms with Crippen LogP contribution in [0.1, 0.15) is 119 Å². The Morgan fingerprint density at radius 3 is 0.634 bits per heavy atom. The molecule has 0 saturated heterocycles. The van der Waals surface area contributed by atoms with Crippen LogP contribution < -0.4 is 14.2 Å². The highest BCUT2D eigenvalue weighted by molar-refractivity contribution is 7.90. The van der Waals surface area contributed by atoms with Gasteiger partial charge in [-0.05, 0) is 178 Å². The van der Waals surface area contributed by atoms with Crippen LogP contribution in [0.3, 0.4) is 0 Å². The van der Waals surface area contributed by atoms with Crippen LogP contribution in [0, 0.1) is 20.8 Å². The molecule has 12 rings (SSSR count). The van der Waals surface area contributed by atoms with Gasteiger partial charge < -0.3 is 0 Å². The van der Waals surface area contributed by atoms with E-state index < -0.39 is 56.6 Å². The average Bonchev–Trinajstić information content (AvgIpc) is 0.776. The number of nitrogens with one attached hydrogen (secondary N) is 3. The summed E-state index contributed by atoms with van der Waals surface area (Å²) in [5.41, 5.74) is 12.1.